The van der Waals surface area contributed by atoms with Crippen molar-refractivity contribution < 1.29 is 18.1 Å². The van der Waals surface area contributed by atoms with E-state index in [0.717, 1.165) is 44.0 Å². The van der Waals surface area contributed by atoms with E-state index in [1.807, 2.05) is 4.90 Å². The fourth-order valence-corrected chi connectivity index (χ4v) is 4.17. The molecule has 0 N–H and O–H groups in total. The van der Waals surface area contributed by atoms with Crippen molar-refractivity contribution in [1.82, 2.24) is 4.90 Å². The second kappa shape index (κ2) is 7.92. The Morgan fingerprint density at radius 2 is 1.64 bits per heavy atom. The fraction of sp³-hybridized carbons (Fsp3) is 0.714. The Bertz CT molecular complexity index is 657. The first-order valence-electron chi connectivity index (χ1n) is 10.3. The molecule has 0 aromatic heterocycles. The van der Waals surface area contributed by atoms with E-state index >= 15 is 0 Å². The van der Waals surface area contributed by atoms with Gasteiger partial charge in [-0.1, -0.05) is 25.5 Å². The number of anilines is 1. The molecule has 2 fully saturated rings. The zero-order valence-electron chi connectivity index (χ0n) is 17.8. The summed E-state index contributed by atoms with van der Waals surface area (Å²) in [5.41, 5.74) is 1.48. The van der Waals surface area contributed by atoms with Gasteiger partial charge in [-0.05, 0) is 44.8 Å². The smallest absolute Gasteiger partial charge is 0.399 e. The van der Waals surface area contributed by atoms with E-state index in [0.29, 0.717) is 13.1 Å². The van der Waals surface area contributed by atoms with E-state index in [2.05, 4.69) is 56.9 Å². The van der Waals surface area contributed by atoms with Gasteiger partial charge in [0, 0.05) is 38.8 Å². The molecule has 1 unspecified atom stereocenters. The van der Waals surface area contributed by atoms with Gasteiger partial charge in [-0.3, -0.25) is 4.90 Å². The summed E-state index contributed by atoms with van der Waals surface area (Å²) < 4.78 is 39.0. The first-order valence-corrected chi connectivity index (χ1v) is 10.3. The first kappa shape index (κ1) is 21.5. The Morgan fingerprint density at radius 1 is 1.04 bits per heavy atom. The molecule has 2 aliphatic heterocycles. The molecule has 0 aliphatic carbocycles. The Hall–Kier alpha value is -1.18. The molecule has 1 atom stereocenters. The molecule has 2 saturated heterocycles. The van der Waals surface area contributed by atoms with Crippen molar-refractivity contribution in [3.8, 4) is 0 Å². The molecular formula is C21H33BF2N2O2. The Kier molecular flexibility index (Phi) is 6.09. The van der Waals surface area contributed by atoms with Gasteiger partial charge in [0.1, 0.15) is 0 Å². The standard InChI is InChI=1S/C21H33BF2N2O2/c1-6-11-20(4)19(2,3)27-22(28-20)17-7-9-18(10-8-17)26-14-12-25(13-15-26)16-21(5,23)24/h7-10H,6,11-16H2,1-5H3. The Labute approximate surface area is 168 Å². The maximum atomic E-state index is 13.2. The number of halogens is 2. The van der Waals surface area contributed by atoms with Crippen LogP contribution in [0, 0.1) is 0 Å². The molecular weight excluding hydrogens is 361 g/mol. The van der Waals surface area contributed by atoms with Crippen molar-refractivity contribution >= 4 is 18.3 Å². The molecule has 7 heteroatoms. The maximum Gasteiger partial charge on any atom is 0.494 e. The minimum absolute atomic E-state index is 0.164. The van der Waals surface area contributed by atoms with Crippen LogP contribution in [0.1, 0.15) is 47.5 Å². The number of hydrogen-bond acceptors (Lipinski definition) is 4. The predicted octanol–water partition coefficient (Wildman–Crippen LogP) is 3.54. The van der Waals surface area contributed by atoms with Crippen LogP contribution in [0.25, 0.3) is 0 Å². The van der Waals surface area contributed by atoms with E-state index in [4.69, 9.17) is 9.31 Å². The largest absolute Gasteiger partial charge is 0.494 e. The van der Waals surface area contributed by atoms with E-state index in [1.165, 1.54) is 0 Å². The molecule has 0 saturated carbocycles. The number of alkyl halides is 2. The van der Waals surface area contributed by atoms with Gasteiger partial charge in [-0.2, -0.15) is 0 Å². The lowest BCUT2D eigenvalue weighted by atomic mass is 9.79. The topological polar surface area (TPSA) is 24.9 Å². The summed E-state index contributed by atoms with van der Waals surface area (Å²) in [6, 6.07) is 8.27. The average Bonchev–Trinajstić information content (AvgIpc) is 2.84. The van der Waals surface area contributed by atoms with Gasteiger partial charge in [-0.15, -0.1) is 0 Å². The molecule has 0 amide bonds. The lowest BCUT2D eigenvalue weighted by Crippen LogP contribution is -2.49. The summed E-state index contributed by atoms with van der Waals surface area (Å²) in [4.78, 5) is 4.08. The summed E-state index contributed by atoms with van der Waals surface area (Å²) in [6.07, 6.45) is 2.00. The van der Waals surface area contributed by atoms with Crippen LogP contribution in [0.15, 0.2) is 24.3 Å². The van der Waals surface area contributed by atoms with Crippen LogP contribution >= 0.6 is 0 Å². The molecule has 2 aliphatic rings. The van der Waals surface area contributed by atoms with Crippen LogP contribution in [0.2, 0.25) is 0 Å². The normalized spacial score (nSPS) is 26.1. The molecule has 3 rings (SSSR count). The summed E-state index contributed by atoms with van der Waals surface area (Å²) in [6.45, 7) is 12.1. The zero-order chi connectivity index (χ0) is 20.6. The van der Waals surface area contributed by atoms with Gasteiger partial charge in [-0.25, -0.2) is 8.78 Å². The maximum absolute atomic E-state index is 13.2. The van der Waals surface area contributed by atoms with Gasteiger partial charge in [0.15, 0.2) is 0 Å². The second-order valence-corrected chi connectivity index (χ2v) is 8.98. The monoisotopic (exact) mass is 394 g/mol. The third kappa shape index (κ3) is 4.69. The highest BCUT2D eigenvalue weighted by atomic mass is 19.3. The van der Waals surface area contributed by atoms with Crippen molar-refractivity contribution in [2.24, 2.45) is 0 Å². The van der Waals surface area contributed by atoms with Crippen LogP contribution in [0.4, 0.5) is 14.5 Å². The van der Waals surface area contributed by atoms with E-state index in [9.17, 15) is 8.78 Å². The molecule has 0 spiro atoms. The molecule has 2 heterocycles. The molecule has 1 aromatic rings. The molecule has 4 nitrogen and oxygen atoms in total. The summed E-state index contributed by atoms with van der Waals surface area (Å²) in [5, 5.41) is 0. The van der Waals surface area contributed by atoms with E-state index in [1.54, 1.807) is 0 Å². The highest BCUT2D eigenvalue weighted by Gasteiger charge is 2.53. The van der Waals surface area contributed by atoms with Crippen molar-refractivity contribution in [1.29, 1.82) is 0 Å². The van der Waals surface area contributed by atoms with E-state index in [-0.39, 0.29) is 24.9 Å². The Morgan fingerprint density at radius 3 is 2.18 bits per heavy atom. The van der Waals surface area contributed by atoms with Crippen LogP contribution < -0.4 is 10.4 Å². The molecule has 0 bridgehead atoms. The molecule has 0 radical (unpaired) electrons. The summed E-state index contributed by atoms with van der Waals surface area (Å²) in [7, 11) is -0.357. The van der Waals surface area contributed by atoms with Crippen LogP contribution in [-0.2, 0) is 9.31 Å². The average molecular weight is 394 g/mol. The highest BCUT2D eigenvalue weighted by Crippen LogP contribution is 2.40. The minimum Gasteiger partial charge on any atom is -0.399 e. The quantitative estimate of drug-likeness (QED) is 0.690. The predicted molar refractivity (Wildman–Crippen MR) is 111 cm³/mol. The third-order valence-electron chi connectivity index (χ3n) is 6.17. The first-order chi connectivity index (χ1) is 13.0. The molecule has 1 aromatic carbocycles. The second-order valence-electron chi connectivity index (χ2n) is 8.98. The van der Waals surface area contributed by atoms with Crippen LogP contribution in [0.3, 0.4) is 0 Å². The summed E-state index contributed by atoms with van der Waals surface area (Å²) in [5.74, 6) is -2.63. The highest BCUT2D eigenvalue weighted by molar-refractivity contribution is 6.62. The number of rotatable bonds is 6. The number of hydrogen-bond donors (Lipinski definition) is 0. The number of piperazine rings is 1. The van der Waals surface area contributed by atoms with E-state index < -0.39 is 5.92 Å². The van der Waals surface area contributed by atoms with Gasteiger partial charge < -0.3 is 14.2 Å². The van der Waals surface area contributed by atoms with Crippen LogP contribution in [0.5, 0.6) is 0 Å². The fourth-order valence-electron chi connectivity index (χ4n) is 4.17. The third-order valence-corrected chi connectivity index (χ3v) is 6.17. The van der Waals surface area contributed by atoms with Crippen molar-refractivity contribution in [3.63, 3.8) is 0 Å². The molecule has 156 valence electrons. The van der Waals surface area contributed by atoms with Crippen molar-refractivity contribution in [3.05, 3.63) is 24.3 Å². The number of nitrogens with zero attached hydrogens (tertiary/aromatic N) is 2. The van der Waals surface area contributed by atoms with Crippen molar-refractivity contribution in [2.75, 3.05) is 37.6 Å². The summed E-state index contributed by atoms with van der Waals surface area (Å²) >= 11 is 0. The molecule has 28 heavy (non-hydrogen) atoms. The van der Waals surface area contributed by atoms with Gasteiger partial charge >= 0.3 is 7.12 Å². The van der Waals surface area contributed by atoms with Crippen molar-refractivity contribution in [2.45, 2.75) is 64.6 Å². The minimum atomic E-state index is -2.63. The zero-order valence-corrected chi connectivity index (χ0v) is 17.8. The van der Waals surface area contributed by atoms with Crippen LogP contribution in [-0.4, -0.2) is 61.9 Å². The Balaban J connectivity index is 1.61. The number of benzene rings is 1. The van der Waals surface area contributed by atoms with Gasteiger partial charge in [0.2, 0.25) is 0 Å². The van der Waals surface area contributed by atoms with Gasteiger partial charge in [0.25, 0.3) is 5.92 Å². The van der Waals surface area contributed by atoms with Gasteiger partial charge in [0.05, 0.1) is 17.7 Å². The lowest BCUT2D eigenvalue weighted by Gasteiger charge is -2.37. The lowest BCUT2D eigenvalue weighted by molar-refractivity contribution is -0.0159. The SMILES string of the molecule is CCCC1(C)OB(c2ccc(N3CCN(CC(C)(F)F)CC3)cc2)OC1(C)C.